The topological polar surface area (TPSA) is 39.2 Å². The Balaban J connectivity index is 2.90. The van der Waals surface area contributed by atoms with Gasteiger partial charge in [-0.15, -0.1) is 0 Å². The molecule has 0 saturated heterocycles. The van der Waals surface area contributed by atoms with Gasteiger partial charge in [0.15, 0.2) is 0 Å². The van der Waals surface area contributed by atoms with Crippen molar-refractivity contribution in [3.8, 4) is 0 Å². The van der Waals surface area contributed by atoms with E-state index in [1.165, 1.54) is 6.92 Å². The molecular weight excluding hydrogens is 202 g/mol. The lowest BCUT2D eigenvalue weighted by molar-refractivity contribution is -0.142. The molecule has 0 aromatic carbocycles. The summed E-state index contributed by atoms with van der Waals surface area (Å²) >= 11 is 0. The van der Waals surface area contributed by atoms with E-state index in [2.05, 4.69) is 11.6 Å². The van der Waals surface area contributed by atoms with Gasteiger partial charge in [-0.05, 0) is 24.6 Å². The maximum absolute atomic E-state index is 10.7. The second kappa shape index (κ2) is 5.85. The Morgan fingerprint density at radius 2 is 2.31 bits per heavy atom. The predicted octanol–water partition coefficient (Wildman–Crippen LogP) is 2.82. The molecule has 0 unspecified atom stereocenters. The molecule has 0 aliphatic rings. The first-order chi connectivity index (χ1) is 7.67. The van der Waals surface area contributed by atoms with E-state index in [1.807, 2.05) is 31.2 Å². The molecule has 16 heavy (non-hydrogen) atoms. The summed E-state index contributed by atoms with van der Waals surface area (Å²) in [5.41, 5.74) is 2.52. The van der Waals surface area contributed by atoms with Crippen LogP contribution in [0.4, 0.5) is 0 Å². The first-order valence-electron chi connectivity index (χ1n) is 5.05. The summed E-state index contributed by atoms with van der Waals surface area (Å²) in [6.45, 7) is 7.23. The van der Waals surface area contributed by atoms with Gasteiger partial charge in [0, 0.05) is 6.92 Å². The molecule has 0 aliphatic carbocycles. The van der Waals surface area contributed by atoms with Gasteiger partial charge in [0.1, 0.15) is 6.61 Å². The Hall–Kier alpha value is -1.90. The van der Waals surface area contributed by atoms with Crippen LogP contribution in [-0.4, -0.2) is 11.0 Å². The minimum absolute atomic E-state index is 0.201. The number of aromatic nitrogens is 1. The molecule has 0 atom stereocenters. The quantitative estimate of drug-likeness (QED) is 0.728. The van der Waals surface area contributed by atoms with E-state index in [9.17, 15) is 4.79 Å². The number of carbonyl (C=O) groups is 1. The monoisotopic (exact) mass is 217 g/mol. The van der Waals surface area contributed by atoms with Crippen molar-refractivity contribution in [3.63, 3.8) is 0 Å². The smallest absolute Gasteiger partial charge is 0.303 e. The van der Waals surface area contributed by atoms with Crippen LogP contribution in [0, 0.1) is 0 Å². The minimum atomic E-state index is -0.306. The van der Waals surface area contributed by atoms with Crippen molar-refractivity contribution in [1.29, 1.82) is 0 Å². The Kier molecular flexibility index (Phi) is 4.45. The molecule has 0 fully saturated rings. The van der Waals surface area contributed by atoms with Gasteiger partial charge in [0.25, 0.3) is 0 Å². The van der Waals surface area contributed by atoms with E-state index in [0.29, 0.717) is 0 Å². The normalized spacial score (nSPS) is 10.4. The van der Waals surface area contributed by atoms with Crippen molar-refractivity contribution >= 4 is 18.1 Å². The highest BCUT2D eigenvalue weighted by Gasteiger charge is 2.02. The number of esters is 1. The maximum atomic E-state index is 10.7. The van der Waals surface area contributed by atoms with Crippen LogP contribution in [0.2, 0.25) is 0 Å². The van der Waals surface area contributed by atoms with E-state index in [1.54, 1.807) is 6.08 Å². The number of nitrogens with zero attached hydrogens (tertiary/aromatic N) is 1. The first kappa shape index (κ1) is 12.2. The van der Waals surface area contributed by atoms with E-state index in [4.69, 9.17) is 4.74 Å². The van der Waals surface area contributed by atoms with Crippen LogP contribution >= 0.6 is 0 Å². The Labute approximate surface area is 95.5 Å². The van der Waals surface area contributed by atoms with E-state index >= 15 is 0 Å². The van der Waals surface area contributed by atoms with Gasteiger partial charge in [-0.25, -0.2) is 4.98 Å². The summed E-state index contributed by atoms with van der Waals surface area (Å²) in [6.07, 6.45) is 5.59. The third kappa shape index (κ3) is 3.35. The molecule has 0 aliphatic heterocycles. The van der Waals surface area contributed by atoms with Gasteiger partial charge in [-0.2, -0.15) is 0 Å². The molecule has 0 N–H and O–H groups in total. The lowest BCUT2D eigenvalue weighted by Gasteiger charge is -2.05. The largest absolute Gasteiger partial charge is 0.459 e. The summed E-state index contributed by atoms with van der Waals surface area (Å²) in [4.78, 5) is 15.0. The molecule has 0 bridgehead atoms. The summed E-state index contributed by atoms with van der Waals surface area (Å²) in [7, 11) is 0. The van der Waals surface area contributed by atoms with Crippen LogP contribution < -0.4 is 0 Å². The molecule has 1 heterocycles. The predicted molar refractivity (Wildman–Crippen MR) is 64.5 cm³/mol. The fourth-order valence-electron chi connectivity index (χ4n) is 1.27. The Bertz CT molecular complexity index is 422. The molecule has 0 radical (unpaired) electrons. The average molecular weight is 217 g/mol. The minimum Gasteiger partial charge on any atom is -0.459 e. The van der Waals surface area contributed by atoms with Crippen LogP contribution in [0.15, 0.2) is 24.8 Å². The first-order valence-corrected chi connectivity index (χ1v) is 5.05. The van der Waals surface area contributed by atoms with Crippen molar-refractivity contribution in [2.75, 3.05) is 0 Å². The number of hydrogen-bond donors (Lipinski definition) is 0. The second-order valence-corrected chi connectivity index (χ2v) is 3.26. The average Bonchev–Trinajstić information content (AvgIpc) is 2.28. The zero-order valence-corrected chi connectivity index (χ0v) is 9.56. The number of carbonyl (C=O) groups excluding carboxylic acids is 1. The van der Waals surface area contributed by atoms with Gasteiger partial charge in [-0.1, -0.05) is 24.8 Å². The lowest BCUT2D eigenvalue weighted by Crippen LogP contribution is -2.02. The molecule has 3 heteroatoms. The lowest BCUT2D eigenvalue weighted by atomic mass is 10.1. The third-order valence-corrected chi connectivity index (χ3v) is 1.98. The van der Waals surface area contributed by atoms with Gasteiger partial charge < -0.3 is 4.74 Å². The molecule has 1 aromatic rings. The summed E-state index contributed by atoms with van der Waals surface area (Å²) in [6, 6.07) is 3.77. The molecule has 1 aromatic heterocycles. The number of hydrogen-bond acceptors (Lipinski definition) is 3. The Morgan fingerprint density at radius 1 is 1.56 bits per heavy atom. The Morgan fingerprint density at radius 3 is 2.88 bits per heavy atom. The van der Waals surface area contributed by atoms with Crippen LogP contribution in [0.5, 0.6) is 0 Å². The highest BCUT2D eigenvalue weighted by atomic mass is 16.5. The van der Waals surface area contributed by atoms with Crippen molar-refractivity contribution < 1.29 is 9.53 Å². The fourth-order valence-corrected chi connectivity index (χ4v) is 1.27. The number of pyridine rings is 1. The SMILES string of the molecule is C=Cc1nc(COC(C)=O)ccc1/C=C\C. The van der Waals surface area contributed by atoms with Gasteiger partial charge in [-0.3, -0.25) is 4.79 Å². The van der Waals surface area contributed by atoms with Gasteiger partial charge in [0.2, 0.25) is 0 Å². The molecular formula is C13H15NO2. The second-order valence-electron chi connectivity index (χ2n) is 3.26. The maximum Gasteiger partial charge on any atom is 0.303 e. The number of ether oxygens (including phenoxy) is 1. The van der Waals surface area contributed by atoms with Crippen molar-refractivity contribution in [2.45, 2.75) is 20.5 Å². The fraction of sp³-hybridized carbons (Fsp3) is 0.231. The van der Waals surface area contributed by atoms with Crippen LogP contribution in [0.3, 0.4) is 0 Å². The van der Waals surface area contributed by atoms with Gasteiger partial charge >= 0.3 is 5.97 Å². The highest BCUT2D eigenvalue weighted by molar-refractivity contribution is 5.66. The summed E-state index contributed by atoms with van der Waals surface area (Å²) in [5, 5.41) is 0. The highest BCUT2D eigenvalue weighted by Crippen LogP contribution is 2.12. The number of rotatable bonds is 4. The van der Waals surface area contributed by atoms with Crippen LogP contribution in [-0.2, 0) is 16.1 Å². The van der Waals surface area contributed by atoms with Crippen LogP contribution in [0.25, 0.3) is 12.2 Å². The molecule has 0 saturated carbocycles. The standard InChI is InChI=1S/C13H15NO2/c1-4-6-11-7-8-12(9-16-10(3)15)14-13(11)5-2/h4-8H,2,9H2,1,3H3/b6-4-. The van der Waals surface area contributed by atoms with E-state index < -0.39 is 0 Å². The van der Waals surface area contributed by atoms with Crippen molar-refractivity contribution in [1.82, 2.24) is 4.98 Å². The van der Waals surface area contributed by atoms with Crippen molar-refractivity contribution in [2.24, 2.45) is 0 Å². The molecule has 0 amide bonds. The molecule has 1 rings (SSSR count). The van der Waals surface area contributed by atoms with Crippen LogP contribution in [0.1, 0.15) is 30.8 Å². The van der Waals surface area contributed by atoms with E-state index in [-0.39, 0.29) is 12.6 Å². The summed E-state index contributed by atoms with van der Waals surface area (Å²) in [5.74, 6) is -0.306. The molecule has 3 nitrogen and oxygen atoms in total. The van der Waals surface area contributed by atoms with Gasteiger partial charge in [0.05, 0.1) is 11.4 Å². The van der Waals surface area contributed by atoms with Crippen molar-refractivity contribution in [3.05, 3.63) is 41.7 Å². The third-order valence-electron chi connectivity index (χ3n) is 1.98. The number of allylic oxidation sites excluding steroid dienone is 1. The van der Waals surface area contributed by atoms with E-state index in [0.717, 1.165) is 17.0 Å². The zero-order valence-electron chi connectivity index (χ0n) is 9.56. The molecule has 84 valence electrons. The summed E-state index contributed by atoms with van der Waals surface area (Å²) < 4.78 is 4.87. The zero-order chi connectivity index (χ0) is 12.0. The molecule has 0 spiro atoms.